The Balaban J connectivity index is 2.67. The molecule has 0 saturated carbocycles. The average Bonchev–Trinajstić information content (AvgIpc) is 2.62. The smallest absolute Gasteiger partial charge is 0.239 e. The maximum absolute atomic E-state index is 12.0. The Hall–Kier alpha value is -0.690. The van der Waals surface area contributed by atoms with E-state index in [4.69, 9.17) is 5.26 Å². The third kappa shape index (κ3) is 2.21. The maximum Gasteiger partial charge on any atom is 0.239 e. The first kappa shape index (κ1) is 11.4. The van der Waals surface area contributed by atoms with Crippen molar-refractivity contribution in [2.75, 3.05) is 18.8 Å². The van der Waals surface area contributed by atoms with E-state index in [1.54, 1.807) is 16.7 Å². The predicted molar refractivity (Wildman–Crippen MR) is 58.0 cm³/mol. The maximum atomic E-state index is 12.0. The van der Waals surface area contributed by atoms with Crippen LogP contribution in [0.5, 0.6) is 0 Å². The van der Waals surface area contributed by atoms with Crippen LogP contribution < -0.4 is 0 Å². The zero-order valence-corrected chi connectivity index (χ0v) is 9.56. The lowest BCUT2D eigenvalue weighted by Crippen LogP contribution is -2.43. The van der Waals surface area contributed by atoms with Gasteiger partial charge in [0.1, 0.15) is 6.54 Å². The summed E-state index contributed by atoms with van der Waals surface area (Å²) in [6, 6.07) is 2.04. The highest BCUT2D eigenvalue weighted by molar-refractivity contribution is 8.01. The fourth-order valence-electron chi connectivity index (χ4n) is 1.69. The molecule has 0 aromatic rings. The normalized spacial score (nSPS) is 25.8. The van der Waals surface area contributed by atoms with Crippen molar-refractivity contribution in [3.05, 3.63) is 0 Å². The highest BCUT2D eigenvalue weighted by Crippen LogP contribution is 2.39. The van der Waals surface area contributed by atoms with Crippen LogP contribution in [0.15, 0.2) is 0 Å². The number of thioether (sulfide) groups is 1. The topological polar surface area (TPSA) is 44.1 Å². The Bertz CT molecular complexity index is 253. The van der Waals surface area contributed by atoms with Crippen LogP contribution in [-0.4, -0.2) is 34.4 Å². The molecular formula is C10H16N2OS. The summed E-state index contributed by atoms with van der Waals surface area (Å²) in [5.74, 6) is 1.19. The van der Waals surface area contributed by atoms with Crippen molar-refractivity contribution in [2.24, 2.45) is 0 Å². The molecule has 1 fully saturated rings. The largest absolute Gasteiger partial charge is 0.328 e. The number of nitriles is 1. The average molecular weight is 212 g/mol. The molecule has 0 spiro atoms. The summed E-state index contributed by atoms with van der Waals surface area (Å²) < 4.78 is -0.271. The molecule has 1 heterocycles. The van der Waals surface area contributed by atoms with Gasteiger partial charge >= 0.3 is 0 Å². The fourth-order valence-corrected chi connectivity index (χ4v) is 2.98. The van der Waals surface area contributed by atoms with Gasteiger partial charge in [0.05, 0.1) is 10.8 Å². The highest BCUT2D eigenvalue weighted by atomic mass is 32.2. The zero-order chi connectivity index (χ0) is 10.6. The lowest BCUT2D eigenvalue weighted by molar-refractivity contribution is -0.132. The first-order valence-electron chi connectivity index (χ1n) is 4.94. The Morgan fingerprint density at radius 1 is 1.71 bits per heavy atom. The van der Waals surface area contributed by atoms with Gasteiger partial charge in [-0.05, 0) is 32.4 Å². The molecule has 0 N–H and O–H groups in total. The van der Waals surface area contributed by atoms with Gasteiger partial charge in [-0.15, -0.1) is 11.8 Å². The van der Waals surface area contributed by atoms with E-state index in [1.165, 1.54) is 0 Å². The molecule has 0 aromatic carbocycles. The number of rotatable bonds is 3. The van der Waals surface area contributed by atoms with Crippen molar-refractivity contribution in [1.29, 1.82) is 5.26 Å². The van der Waals surface area contributed by atoms with Crippen molar-refractivity contribution < 1.29 is 4.79 Å². The number of hydrogen-bond acceptors (Lipinski definition) is 3. The summed E-state index contributed by atoms with van der Waals surface area (Å²) in [6.45, 7) is 4.75. The van der Waals surface area contributed by atoms with Gasteiger partial charge in [0.2, 0.25) is 5.91 Å². The summed E-state index contributed by atoms with van der Waals surface area (Å²) in [7, 11) is 0. The third-order valence-corrected chi connectivity index (χ3v) is 4.11. The van der Waals surface area contributed by atoms with Crippen molar-refractivity contribution in [3.63, 3.8) is 0 Å². The Kier molecular flexibility index (Phi) is 3.82. The summed E-state index contributed by atoms with van der Waals surface area (Å²) in [5, 5.41) is 8.59. The highest BCUT2D eigenvalue weighted by Gasteiger charge is 2.39. The van der Waals surface area contributed by atoms with E-state index >= 15 is 0 Å². The molecule has 1 aliphatic heterocycles. The molecule has 0 aliphatic carbocycles. The number of hydrogen-bond donors (Lipinski definition) is 0. The molecule has 0 radical (unpaired) electrons. The number of carbonyl (C=O) groups excluding carboxylic acids is 1. The van der Waals surface area contributed by atoms with E-state index in [-0.39, 0.29) is 17.2 Å². The standard InChI is InChI=1S/C10H16N2OS/c1-3-12(7-6-11)9(13)10(2)5-4-8-14-10/h3-5,7-8H2,1-2H3. The number of nitrogens with zero attached hydrogens (tertiary/aromatic N) is 2. The van der Waals surface area contributed by atoms with E-state index in [2.05, 4.69) is 0 Å². The fraction of sp³-hybridized carbons (Fsp3) is 0.800. The predicted octanol–water partition coefficient (Wildman–Crippen LogP) is 1.64. The molecule has 1 atom stereocenters. The van der Waals surface area contributed by atoms with Crippen molar-refractivity contribution in [1.82, 2.24) is 4.90 Å². The molecule has 78 valence electrons. The summed E-state index contributed by atoms with van der Waals surface area (Å²) in [5.41, 5.74) is 0. The quantitative estimate of drug-likeness (QED) is 0.668. The number of carbonyl (C=O) groups is 1. The minimum atomic E-state index is -0.271. The minimum Gasteiger partial charge on any atom is -0.328 e. The molecule has 1 unspecified atom stereocenters. The van der Waals surface area contributed by atoms with Crippen LogP contribution in [0.4, 0.5) is 0 Å². The Morgan fingerprint density at radius 2 is 2.43 bits per heavy atom. The molecule has 1 saturated heterocycles. The second-order valence-electron chi connectivity index (χ2n) is 3.66. The molecule has 0 aromatic heterocycles. The van der Waals surface area contributed by atoms with Gasteiger partial charge in [0.25, 0.3) is 0 Å². The summed E-state index contributed by atoms with van der Waals surface area (Å²) in [4.78, 5) is 13.7. The van der Waals surface area contributed by atoms with Crippen molar-refractivity contribution >= 4 is 17.7 Å². The van der Waals surface area contributed by atoms with Gasteiger partial charge in [0, 0.05) is 6.54 Å². The van der Waals surface area contributed by atoms with Crippen molar-refractivity contribution in [3.8, 4) is 6.07 Å². The first-order chi connectivity index (χ1) is 6.64. The van der Waals surface area contributed by atoms with Gasteiger partial charge in [-0.25, -0.2) is 0 Å². The van der Waals surface area contributed by atoms with Crippen molar-refractivity contribution in [2.45, 2.75) is 31.4 Å². The molecule has 1 amide bonds. The molecule has 1 rings (SSSR count). The van der Waals surface area contributed by atoms with Crippen LogP contribution >= 0.6 is 11.8 Å². The van der Waals surface area contributed by atoms with Crippen LogP contribution in [-0.2, 0) is 4.79 Å². The minimum absolute atomic E-state index is 0.129. The van der Waals surface area contributed by atoms with Gasteiger partial charge in [-0.3, -0.25) is 4.79 Å². The first-order valence-corrected chi connectivity index (χ1v) is 5.93. The van der Waals surface area contributed by atoms with E-state index in [0.717, 1.165) is 18.6 Å². The van der Waals surface area contributed by atoms with E-state index in [0.29, 0.717) is 6.54 Å². The second kappa shape index (κ2) is 4.70. The molecular weight excluding hydrogens is 196 g/mol. The van der Waals surface area contributed by atoms with Gasteiger partial charge in [-0.1, -0.05) is 0 Å². The second-order valence-corrected chi connectivity index (χ2v) is 5.26. The lowest BCUT2D eigenvalue weighted by Gasteiger charge is -2.28. The molecule has 4 heteroatoms. The summed E-state index contributed by atoms with van der Waals surface area (Å²) >= 11 is 1.72. The van der Waals surface area contributed by atoms with Crippen LogP contribution in [0.25, 0.3) is 0 Å². The van der Waals surface area contributed by atoms with E-state index < -0.39 is 0 Å². The Morgan fingerprint density at radius 3 is 2.86 bits per heavy atom. The zero-order valence-electron chi connectivity index (χ0n) is 8.75. The number of amides is 1. The monoisotopic (exact) mass is 212 g/mol. The molecule has 3 nitrogen and oxygen atoms in total. The molecule has 0 bridgehead atoms. The third-order valence-electron chi connectivity index (χ3n) is 2.60. The lowest BCUT2D eigenvalue weighted by atomic mass is 10.0. The van der Waals surface area contributed by atoms with Crippen LogP contribution in [0.3, 0.4) is 0 Å². The molecule has 1 aliphatic rings. The molecule has 14 heavy (non-hydrogen) atoms. The van der Waals surface area contributed by atoms with E-state index in [9.17, 15) is 4.79 Å². The van der Waals surface area contributed by atoms with Crippen LogP contribution in [0.2, 0.25) is 0 Å². The van der Waals surface area contributed by atoms with Crippen LogP contribution in [0, 0.1) is 11.3 Å². The van der Waals surface area contributed by atoms with Gasteiger partial charge in [-0.2, -0.15) is 5.26 Å². The SMILES string of the molecule is CCN(CC#N)C(=O)C1(C)CCCS1. The van der Waals surface area contributed by atoms with Crippen LogP contribution in [0.1, 0.15) is 26.7 Å². The summed E-state index contributed by atoms with van der Waals surface area (Å²) in [6.07, 6.45) is 2.05. The van der Waals surface area contributed by atoms with Gasteiger partial charge in [0.15, 0.2) is 0 Å². The van der Waals surface area contributed by atoms with E-state index in [1.807, 2.05) is 19.9 Å². The van der Waals surface area contributed by atoms with Gasteiger partial charge < -0.3 is 4.90 Å². The Labute approximate surface area is 89.5 Å².